The van der Waals surface area contributed by atoms with Crippen LogP contribution >= 0.6 is 11.8 Å². The fourth-order valence-corrected chi connectivity index (χ4v) is 5.41. The summed E-state index contributed by atoms with van der Waals surface area (Å²) >= 11 is 1.68. The van der Waals surface area contributed by atoms with Crippen LogP contribution in [0, 0.1) is 0 Å². The fourth-order valence-electron chi connectivity index (χ4n) is 5.00. The summed E-state index contributed by atoms with van der Waals surface area (Å²) in [5.74, 6) is -1.85. The predicted octanol–water partition coefficient (Wildman–Crippen LogP) is 8.55. The van der Waals surface area contributed by atoms with Crippen molar-refractivity contribution in [3.8, 4) is 22.6 Å². The first-order valence-corrected chi connectivity index (χ1v) is 16.2. The third kappa shape index (κ3) is 11.7. The van der Waals surface area contributed by atoms with E-state index in [0.717, 1.165) is 22.3 Å². The zero-order valence-electron chi connectivity index (χ0n) is 25.8. The van der Waals surface area contributed by atoms with Crippen molar-refractivity contribution in [2.45, 2.75) is 50.1 Å². The Balaban J connectivity index is 1.48. The smallest absolute Gasteiger partial charge is 0.489 e. The van der Waals surface area contributed by atoms with Crippen LogP contribution in [0.2, 0.25) is 0 Å². The molecule has 0 fully saturated rings. The number of ether oxygens (including phenoxy) is 2. The van der Waals surface area contributed by atoms with E-state index >= 15 is 0 Å². The van der Waals surface area contributed by atoms with Gasteiger partial charge in [-0.15, -0.1) is 24.9 Å². The van der Waals surface area contributed by atoms with E-state index in [4.69, 9.17) is 9.84 Å². The highest BCUT2D eigenvalue weighted by Crippen LogP contribution is 2.30. The number of rotatable bonds is 17. The number of aliphatic carboxylic acids is 1. The number of halogens is 3. The van der Waals surface area contributed by atoms with E-state index in [1.54, 1.807) is 23.9 Å². The van der Waals surface area contributed by atoms with Crippen LogP contribution in [0.15, 0.2) is 95.9 Å². The molecule has 11 heteroatoms. The zero-order chi connectivity index (χ0) is 33.8. The third-order valence-electron chi connectivity index (χ3n) is 7.46. The number of carbonyl (C=O) groups is 2. The Hall–Kier alpha value is -4.48. The lowest BCUT2D eigenvalue weighted by Crippen LogP contribution is -2.27. The average Bonchev–Trinajstić information content (AvgIpc) is 3.04. The lowest BCUT2D eigenvalue weighted by Gasteiger charge is -2.23. The molecular formula is C36H36F3NO6S. The molecule has 0 unspecified atom stereocenters. The highest BCUT2D eigenvalue weighted by atomic mass is 32.2. The van der Waals surface area contributed by atoms with E-state index in [-0.39, 0.29) is 24.3 Å². The highest BCUT2D eigenvalue weighted by molar-refractivity contribution is 7.98. The Bertz CT molecular complexity index is 1610. The number of carboxylic acids is 2. The Morgan fingerprint density at radius 1 is 0.809 bits per heavy atom. The number of nitrogens with zero attached hydrogens (tertiary/aromatic N) is 1. The number of hydrogen-bond donors (Lipinski definition) is 2. The summed E-state index contributed by atoms with van der Waals surface area (Å²) in [6.07, 6.45) is -1.41. The van der Waals surface area contributed by atoms with Gasteiger partial charge in [-0.05, 0) is 102 Å². The molecule has 0 aromatic heterocycles. The van der Waals surface area contributed by atoms with Crippen LogP contribution in [-0.4, -0.2) is 52.8 Å². The van der Waals surface area contributed by atoms with Gasteiger partial charge < -0.3 is 19.7 Å². The number of aromatic carboxylic acids is 1. The van der Waals surface area contributed by atoms with Gasteiger partial charge in [0.2, 0.25) is 0 Å². The van der Waals surface area contributed by atoms with Gasteiger partial charge in [-0.25, -0.2) is 4.79 Å². The predicted molar refractivity (Wildman–Crippen MR) is 175 cm³/mol. The van der Waals surface area contributed by atoms with E-state index in [2.05, 4.69) is 33.9 Å². The lowest BCUT2D eigenvalue weighted by molar-refractivity contribution is -0.274. The van der Waals surface area contributed by atoms with Crippen LogP contribution in [0.1, 0.15) is 46.3 Å². The first-order valence-electron chi connectivity index (χ1n) is 15.0. The summed E-state index contributed by atoms with van der Waals surface area (Å²) in [7, 11) is 0. The van der Waals surface area contributed by atoms with Crippen molar-refractivity contribution in [2.24, 2.45) is 0 Å². The van der Waals surface area contributed by atoms with Crippen molar-refractivity contribution in [3.63, 3.8) is 0 Å². The SMILES string of the molecule is CSc1ccc(-c2ccc(COc3ccc(OC(F)(F)F)cc3CCN(CCCCC(=O)O)Cc3ccc(C(=O)O)cc3)cc2)cc1. The van der Waals surface area contributed by atoms with Crippen molar-refractivity contribution < 1.29 is 42.4 Å². The van der Waals surface area contributed by atoms with Gasteiger partial charge in [0, 0.05) is 24.4 Å². The molecule has 0 atom stereocenters. The molecule has 47 heavy (non-hydrogen) atoms. The summed E-state index contributed by atoms with van der Waals surface area (Å²) < 4.78 is 49.5. The minimum Gasteiger partial charge on any atom is -0.489 e. The van der Waals surface area contributed by atoms with Crippen molar-refractivity contribution >= 4 is 23.7 Å². The number of benzene rings is 4. The molecule has 4 aromatic rings. The van der Waals surface area contributed by atoms with Crippen LogP contribution in [0.25, 0.3) is 11.1 Å². The third-order valence-corrected chi connectivity index (χ3v) is 8.20. The maximum Gasteiger partial charge on any atom is 0.573 e. The van der Waals surface area contributed by atoms with Crippen LogP contribution < -0.4 is 9.47 Å². The molecule has 4 aromatic carbocycles. The second kappa shape index (κ2) is 16.9. The van der Waals surface area contributed by atoms with E-state index < -0.39 is 18.3 Å². The van der Waals surface area contributed by atoms with E-state index in [1.165, 1.54) is 35.2 Å². The first-order chi connectivity index (χ1) is 22.5. The molecule has 248 valence electrons. The summed E-state index contributed by atoms with van der Waals surface area (Å²) in [6, 6.07) is 26.6. The Morgan fingerprint density at radius 3 is 2.04 bits per heavy atom. The van der Waals surface area contributed by atoms with Gasteiger partial charge in [0.25, 0.3) is 0 Å². The second-order valence-electron chi connectivity index (χ2n) is 10.9. The summed E-state index contributed by atoms with van der Waals surface area (Å²) in [6.45, 7) is 1.60. The molecule has 0 bridgehead atoms. The first kappa shape index (κ1) is 35.4. The highest BCUT2D eigenvalue weighted by Gasteiger charge is 2.31. The Labute approximate surface area is 276 Å². The van der Waals surface area contributed by atoms with E-state index in [0.29, 0.717) is 50.2 Å². The summed E-state index contributed by atoms with van der Waals surface area (Å²) in [4.78, 5) is 25.5. The number of alkyl halides is 3. The molecular weight excluding hydrogens is 631 g/mol. The minimum absolute atomic E-state index is 0.0290. The van der Waals surface area contributed by atoms with Gasteiger partial charge in [0.15, 0.2) is 0 Å². The van der Waals surface area contributed by atoms with Crippen molar-refractivity contribution in [1.82, 2.24) is 4.90 Å². The van der Waals surface area contributed by atoms with E-state index in [9.17, 15) is 27.9 Å². The molecule has 4 rings (SSSR count). The Kier molecular flexibility index (Phi) is 12.7. The normalized spacial score (nSPS) is 11.4. The molecule has 0 aliphatic heterocycles. The number of carboxylic acid groups (broad SMARTS) is 2. The molecule has 0 saturated heterocycles. The monoisotopic (exact) mass is 667 g/mol. The molecule has 2 N–H and O–H groups in total. The van der Waals surface area contributed by atoms with E-state index in [1.807, 2.05) is 30.5 Å². The Morgan fingerprint density at radius 2 is 1.45 bits per heavy atom. The second-order valence-corrected chi connectivity index (χ2v) is 11.8. The average molecular weight is 668 g/mol. The molecule has 0 saturated carbocycles. The largest absolute Gasteiger partial charge is 0.573 e. The van der Waals surface area contributed by atoms with Crippen LogP contribution in [0.4, 0.5) is 13.2 Å². The van der Waals surface area contributed by atoms with Crippen molar-refractivity contribution in [3.05, 3.63) is 113 Å². The molecule has 7 nitrogen and oxygen atoms in total. The standard InChI is InChI=1S/C36H36F3NO6S/c1-47-32-16-13-28(14-17-32)27-9-7-26(8-10-27)24-45-33-18-15-31(46-36(37,38)39)22-30(33)19-21-40(20-3-2-4-34(41)42)23-25-5-11-29(12-6-25)35(43)44/h5-18,22H,2-4,19-21,23-24H2,1H3,(H,41,42)(H,43,44). The van der Waals surface area contributed by atoms with Crippen LogP contribution in [0.5, 0.6) is 11.5 Å². The zero-order valence-corrected chi connectivity index (χ0v) is 26.7. The van der Waals surface area contributed by atoms with Gasteiger partial charge in [-0.2, -0.15) is 0 Å². The molecule has 0 aliphatic carbocycles. The lowest BCUT2D eigenvalue weighted by atomic mass is 10.0. The topological polar surface area (TPSA) is 96.3 Å². The molecule has 0 aliphatic rings. The fraction of sp³-hybridized carbons (Fsp3) is 0.278. The van der Waals surface area contributed by atoms with Gasteiger partial charge in [-0.1, -0.05) is 48.5 Å². The molecule has 0 heterocycles. The summed E-state index contributed by atoms with van der Waals surface area (Å²) in [5, 5.41) is 18.2. The minimum atomic E-state index is -4.85. The van der Waals surface area contributed by atoms with Crippen LogP contribution in [-0.2, 0) is 24.4 Å². The van der Waals surface area contributed by atoms with Gasteiger partial charge in [-0.3, -0.25) is 9.69 Å². The van der Waals surface area contributed by atoms with Crippen molar-refractivity contribution in [2.75, 3.05) is 19.3 Å². The number of hydrogen-bond acceptors (Lipinski definition) is 6. The quantitative estimate of drug-likeness (QED) is 0.0855. The number of thioether (sulfide) groups is 1. The maximum absolute atomic E-state index is 13.1. The molecule has 0 amide bonds. The van der Waals surface area contributed by atoms with Crippen molar-refractivity contribution in [1.29, 1.82) is 0 Å². The number of unbranched alkanes of at least 4 members (excludes halogenated alkanes) is 1. The molecule has 0 spiro atoms. The van der Waals surface area contributed by atoms with Gasteiger partial charge >= 0.3 is 18.3 Å². The van der Waals surface area contributed by atoms with Gasteiger partial charge in [0.05, 0.1) is 5.56 Å². The molecule has 0 radical (unpaired) electrons. The summed E-state index contributed by atoms with van der Waals surface area (Å²) in [5.41, 5.74) is 4.56. The van der Waals surface area contributed by atoms with Gasteiger partial charge in [0.1, 0.15) is 18.1 Å². The maximum atomic E-state index is 13.1. The van der Waals surface area contributed by atoms with Crippen LogP contribution in [0.3, 0.4) is 0 Å².